The second kappa shape index (κ2) is 10.4. The van der Waals surface area contributed by atoms with Crippen molar-refractivity contribution in [3.05, 3.63) is 107 Å². The molecule has 0 saturated carbocycles. The quantitative estimate of drug-likeness (QED) is 0.225. The van der Waals surface area contributed by atoms with Gasteiger partial charge in [-0.2, -0.15) is 0 Å². The third kappa shape index (κ3) is 5.16. The number of hydrogen-bond acceptors (Lipinski definition) is 8. The minimum absolute atomic E-state index is 0.313. The molecule has 0 aliphatic carbocycles. The molecule has 0 aliphatic rings. The minimum atomic E-state index is -1.02. The van der Waals surface area contributed by atoms with Gasteiger partial charge in [-0.3, -0.25) is 9.97 Å². The zero-order valence-electron chi connectivity index (χ0n) is 21.8. The normalized spacial score (nSPS) is 11.7. The smallest absolute Gasteiger partial charge is 0.151 e. The van der Waals surface area contributed by atoms with Gasteiger partial charge in [0.25, 0.3) is 0 Å². The number of halogens is 1. The number of nitrogen functional groups attached to an aromatic ring is 1. The van der Waals surface area contributed by atoms with Crippen molar-refractivity contribution in [1.29, 1.82) is 0 Å². The second-order valence-electron chi connectivity index (χ2n) is 9.92. The number of benzene rings is 2. The van der Waals surface area contributed by atoms with Crippen molar-refractivity contribution < 1.29 is 5.11 Å². The Balaban J connectivity index is 1.44. The van der Waals surface area contributed by atoms with Crippen LogP contribution in [0.1, 0.15) is 30.2 Å². The number of fused-ring (bicyclic) bond motifs is 1. The number of anilines is 1. The summed E-state index contributed by atoms with van der Waals surface area (Å²) in [6.07, 6.45) is 4.01. The van der Waals surface area contributed by atoms with Crippen LogP contribution in [0.5, 0.6) is 0 Å². The molecule has 4 aromatic heterocycles. The van der Waals surface area contributed by atoms with Gasteiger partial charge >= 0.3 is 0 Å². The van der Waals surface area contributed by atoms with Gasteiger partial charge in [0.05, 0.1) is 37.5 Å². The largest absolute Gasteiger partial charge is 0.384 e. The number of aliphatic hydroxyl groups is 1. The number of pyridine rings is 2. The van der Waals surface area contributed by atoms with Crippen LogP contribution in [0.15, 0.2) is 85.2 Å². The topological polar surface area (TPSA) is 111 Å². The number of aromatic nitrogens is 5. The number of hydrogen-bond donors (Lipinski definition) is 2. The third-order valence-corrected chi connectivity index (χ3v) is 7.75. The summed E-state index contributed by atoms with van der Waals surface area (Å²) in [6.45, 7) is 3.44. The molecule has 2 aromatic carbocycles. The van der Waals surface area contributed by atoms with Crippen molar-refractivity contribution >= 4 is 39.7 Å². The Kier molecular flexibility index (Phi) is 6.75. The maximum atomic E-state index is 10.3. The third-order valence-electron chi connectivity index (χ3n) is 6.45. The van der Waals surface area contributed by atoms with Crippen molar-refractivity contribution in [2.75, 3.05) is 5.73 Å². The van der Waals surface area contributed by atoms with E-state index >= 15 is 0 Å². The first kappa shape index (κ1) is 26.0. The fraction of sp³-hybridized carbons (Fsp3) is 0.129. The van der Waals surface area contributed by atoms with Crippen LogP contribution in [0, 0.1) is 0 Å². The fourth-order valence-corrected chi connectivity index (χ4v) is 5.70. The van der Waals surface area contributed by atoms with Crippen molar-refractivity contribution in [1.82, 2.24) is 24.9 Å². The van der Waals surface area contributed by atoms with Crippen LogP contribution < -0.4 is 5.73 Å². The summed E-state index contributed by atoms with van der Waals surface area (Å²) >= 11 is 8.14. The Morgan fingerprint density at radius 3 is 2.45 bits per heavy atom. The van der Waals surface area contributed by atoms with E-state index in [9.17, 15) is 5.11 Å². The molecule has 6 aromatic rings. The standard InChI is InChI=1S/C31H25ClN6OS/c1-31(2,39)24-12-6-11-21(36-24)16-25-35-17-23(40-25)29-30(33)38-27(18-8-4-3-5-9-18)28(37-29)20-14-19-10-7-13-34-26(19)22(32)15-20/h3-15,17,39H,16H2,1-2H3,(H2,33,38). The van der Waals surface area contributed by atoms with Crippen LogP contribution >= 0.6 is 22.9 Å². The van der Waals surface area contributed by atoms with E-state index in [-0.39, 0.29) is 0 Å². The van der Waals surface area contributed by atoms with E-state index in [2.05, 4.69) is 15.0 Å². The van der Waals surface area contributed by atoms with Gasteiger partial charge < -0.3 is 10.8 Å². The van der Waals surface area contributed by atoms with Gasteiger partial charge in [-0.1, -0.05) is 54.1 Å². The lowest BCUT2D eigenvalue weighted by molar-refractivity contribution is 0.0736. The molecule has 0 unspecified atom stereocenters. The van der Waals surface area contributed by atoms with Crippen molar-refractivity contribution in [2.24, 2.45) is 0 Å². The Morgan fingerprint density at radius 1 is 0.850 bits per heavy atom. The molecule has 0 saturated heterocycles. The molecule has 0 amide bonds. The van der Waals surface area contributed by atoms with Gasteiger partial charge in [0.1, 0.15) is 11.3 Å². The zero-order valence-corrected chi connectivity index (χ0v) is 23.4. The lowest BCUT2D eigenvalue weighted by Gasteiger charge is -2.16. The first-order valence-corrected chi connectivity index (χ1v) is 13.9. The monoisotopic (exact) mass is 564 g/mol. The summed E-state index contributed by atoms with van der Waals surface area (Å²) < 4.78 is 0. The van der Waals surface area contributed by atoms with E-state index in [0.29, 0.717) is 40.0 Å². The molecule has 7 nitrogen and oxygen atoms in total. The summed E-state index contributed by atoms with van der Waals surface area (Å²) in [4.78, 5) is 24.3. The molecule has 4 heterocycles. The summed E-state index contributed by atoms with van der Waals surface area (Å²) in [5, 5.41) is 12.6. The van der Waals surface area contributed by atoms with Crippen molar-refractivity contribution in [3.8, 4) is 33.1 Å². The number of nitrogens with zero attached hydrogens (tertiary/aromatic N) is 5. The summed E-state index contributed by atoms with van der Waals surface area (Å²) in [5.41, 5.74) is 11.3. The highest BCUT2D eigenvalue weighted by molar-refractivity contribution is 7.15. The van der Waals surface area contributed by atoms with Crippen LogP contribution in [0.2, 0.25) is 5.02 Å². The predicted octanol–water partition coefficient (Wildman–Crippen LogP) is 6.93. The fourth-order valence-electron chi connectivity index (χ4n) is 4.49. The van der Waals surface area contributed by atoms with Gasteiger partial charge in [0, 0.05) is 41.0 Å². The molecule has 0 atom stereocenters. The molecule has 9 heteroatoms. The molecular formula is C31H25ClN6OS. The van der Waals surface area contributed by atoms with Crippen molar-refractivity contribution in [2.45, 2.75) is 25.9 Å². The summed E-state index contributed by atoms with van der Waals surface area (Å²) in [6, 6.07) is 23.2. The molecule has 6 rings (SSSR count). The molecule has 0 radical (unpaired) electrons. The molecule has 198 valence electrons. The van der Waals surface area contributed by atoms with E-state index in [1.54, 1.807) is 26.2 Å². The van der Waals surface area contributed by atoms with Gasteiger partial charge in [-0.15, -0.1) is 11.3 Å². The highest BCUT2D eigenvalue weighted by Gasteiger charge is 2.21. The second-order valence-corrected chi connectivity index (χ2v) is 11.4. The van der Waals surface area contributed by atoms with Gasteiger partial charge in [-0.05, 0) is 44.2 Å². The minimum Gasteiger partial charge on any atom is -0.384 e. The average molecular weight is 565 g/mol. The van der Waals surface area contributed by atoms with Gasteiger partial charge in [-0.25, -0.2) is 15.0 Å². The lowest BCUT2D eigenvalue weighted by atomic mass is 10.0. The van der Waals surface area contributed by atoms with Crippen LogP contribution in [0.25, 0.3) is 44.0 Å². The number of nitrogens with two attached hydrogens (primary N) is 1. The zero-order chi connectivity index (χ0) is 27.9. The van der Waals surface area contributed by atoms with E-state index in [0.717, 1.165) is 37.6 Å². The van der Waals surface area contributed by atoms with Gasteiger partial charge in [0.15, 0.2) is 5.82 Å². The average Bonchev–Trinajstić information content (AvgIpc) is 3.41. The lowest BCUT2D eigenvalue weighted by Crippen LogP contribution is -2.18. The molecule has 0 aliphatic heterocycles. The van der Waals surface area contributed by atoms with Crippen molar-refractivity contribution in [3.63, 3.8) is 0 Å². The summed E-state index contributed by atoms with van der Waals surface area (Å²) in [5.74, 6) is 0.313. The van der Waals surface area contributed by atoms with E-state index < -0.39 is 5.60 Å². The van der Waals surface area contributed by atoms with Gasteiger partial charge in [0.2, 0.25) is 0 Å². The van der Waals surface area contributed by atoms with Crippen LogP contribution in [-0.2, 0) is 12.0 Å². The molecule has 3 N–H and O–H groups in total. The highest BCUT2D eigenvalue weighted by atomic mass is 35.5. The highest BCUT2D eigenvalue weighted by Crippen LogP contribution is 2.38. The predicted molar refractivity (Wildman–Crippen MR) is 161 cm³/mol. The van der Waals surface area contributed by atoms with E-state index in [4.69, 9.17) is 27.3 Å². The SMILES string of the molecule is CC(C)(O)c1cccc(Cc2ncc(-c3nc(-c4cc(Cl)c5ncccc5c4)c(-c4ccccc4)nc3N)s2)n1. The Hall–Kier alpha value is -4.24. The Labute approximate surface area is 240 Å². The first-order chi connectivity index (χ1) is 19.3. The molecule has 0 bridgehead atoms. The number of thiazole rings is 1. The number of rotatable bonds is 6. The van der Waals surface area contributed by atoms with Crippen LogP contribution in [0.3, 0.4) is 0 Å². The maximum Gasteiger partial charge on any atom is 0.151 e. The van der Waals surface area contributed by atoms with E-state index in [1.807, 2.05) is 72.8 Å². The first-order valence-electron chi connectivity index (χ1n) is 12.7. The molecule has 0 fully saturated rings. The molecule has 40 heavy (non-hydrogen) atoms. The van der Waals surface area contributed by atoms with E-state index in [1.165, 1.54) is 11.3 Å². The molecule has 0 spiro atoms. The Bertz CT molecular complexity index is 1850. The molecular weight excluding hydrogens is 540 g/mol. The Morgan fingerprint density at radius 2 is 1.65 bits per heavy atom. The van der Waals surface area contributed by atoms with Crippen LogP contribution in [0.4, 0.5) is 5.82 Å². The van der Waals surface area contributed by atoms with Crippen LogP contribution in [-0.4, -0.2) is 30.0 Å². The maximum absolute atomic E-state index is 10.3. The summed E-state index contributed by atoms with van der Waals surface area (Å²) in [7, 11) is 0.